The smallest absolute Gasteiger partial charge is 0.417 e. The molecule has 33 heavy (non-hydrogen) atoms. The molecular weight excluding hydrogens is 445 g/mol. The van der Waals surface area contributed by atoms with Crippen molar-refractivity contribution < 1.29 is 31.5 Å². The Bertz CT molecular complexity index is 1140. The standard InChI is InChI=1S/C23H20F5N3O2/c24-22(25)9-7-16(8-10-22)31-20(32)12-17-3-1-14-11-18(4-5-19(14)30-17)33-21-6-2-15(13-29-21)23(26,27)28/h1-6,11,13,16H,7-10,12H2,(H,31,32). The van der Waals surface area contributed by atoms with Gasteiger partial charge in [-0.25, -0.2) is 13.8 Å². The van der Waals surface area contributed by atoms with Gasteiger partial charge < -0.3 is 10.1 Å². The van der Waals surface area contributed by atoms with Crippen LogP contribution in [-0.2, 0) is 17.4 Å². The van der Waals surface area contributed by atoms with Crippen molar-refractivity contribution in [1.82, 2.24) is 15.3 Å². The van der Waals surface area contributed by atoms with Crippen molar-refractivity contribution in [3.05, 3.63) is 59.9 Å². The minimum absolute atomic E-state index is 0.0177. The van der Waals surface area contributed by atoms with Crippen molar-refractivity contribution in [3.63, 3.8) is 0 Å². The van der Waals surface area contributed by atoms with Gasteiger partial charge in [0.1, 0.15) is 5.75 Å². The van der Waals surface area contributed by atoms with Gasteiger partial charge >= 0.3 is 6.18 Å². The number of benzene rings is 1. The fraction of sp³-hybridized carbons (Fsp3) is 0.348. The number of fused-ring (bicyclic) bond motifs is 1. The third kappa shape index (κ3) is 5.94. The van der Waals surface area contributed by atoms with Gasteiger partial charge in [0.25, 0.3) is 0 Å². The fourth-order valence-electron chi connectivity index (χ4n) is 3.66. The maximum atomic E-state index is 13.2. The summed E-state index contributed by atoms with van der Waals surface area (Å²) in [6, 6.07) is 10.1. The molecule has 1 aromatic carbocycles. The van der Waals surface area contributed by atoms with Gasteiger partial charge in [0.2, 0.25) is 17.7 Å². The van der Waals surface area contributed by atoms with Crippen molar-refractivity contribution in [2.45, 2.75) is 50.2 Å². The van der Waals surface area contributed by atoms with Crippen molar-refractivity contribution in [1.29, 1.82) is 0 Å². The van der Waals surface area contributed by atoms with E-state index in [0.29, 0.717) is 28.5 Å². The van der Waals surface area contributed by atoms with Crippen LogP contribution >= 0.6 is 0 Å². The van der Waals surface area contributed by atoms with Crippen molar-refractivity contribution in [2.24, 2.45) is 0 Å². The molecule has 0 atom stereocenters. The van der Waals surface area contributed by atoms with Crippen LogP contribution in [0.15, 0.2) is 48.7 Å². The maximum Gasteiger partial charge on any atom is 0.417 e. The van der Waals surface area contributed by atoms with E-state index in [9.17, 15) is 26.7 Å². The number of hydrogen-bond donors (Lipinski definition) is 1. The van der Waals surface area contributed by atoms with E-state index < -0.39 is 17.7 Å². The highest BCUT2D eigenvalue weighted by molar-refractivity contribution is 5.82. The lowest BCUT2D eigenvalue weighted by atomic mass is 9.92. The highest BCUT2D eigenvalue weighted by atomic mass is 19.4. The Hall–Kier alpha value is -3.30. The van der Waals surface area contributed by atoms with Crippen LogP contribution in [0, 0.1) is 0 Å². The highest BCUT2D eigenvalue weighted by Gasteiger charge is 2.35. The number of aromatic nitrogens is 2. The summed E-state index contributed by atoms with van der Waals surface area (Å²) in [5.74, 6) is -2.53. The van der Waals surface area contributed by atoms with E-state index in [1.165, 1.54) is 0 Å². The zero-order valence-electron chi connectivity index (χ0n) is 17.3. The molecule has 2 aromatic heterocycles. The largest absolute Gasteiger partial charge is 0.439 e. The van der Waals surface area contributed by atoms with Gasteiger partial charge in [-0.15, -0.1) is 0 Å². The lowest BCUT2D eigenvalue weighted by molar-refractivity contribution is -0.137. The quantitative estimate of drug-likeness (QED) is 0.493. The first-order chi connectivity index (χ1) is 15.6. The molecule has 2 heterocycles. The van der Waals surface area contributed by atoms with Crippen molar-refractivity contribution >= 4 is 16.8 Å². The number of hydrogen-bond acceptors (Lipinski definition) is 4. The van der Waals surface area contributed by atoms with Gasteiger partial charge in [0.15, 0.2) is 0 Å². The van der Waals surface area contributed by atoms with Crippen LogP contribution in [-0.4, -0.2) is 27.8 Å². The second-order valence-electron chi connectivity index (χ2n) is 8.02. The fourth-order valence-corrected chi connectivity index (χ4v) is 3.66. The molecule has 4 rings (SSSR count). The topological polar surface area (TPSA) is 64.1 Å². The molecule has 1 aliphatic carbocycles. The van der Waals surface area contributed by atoms with Crippen molar-refractivity contribution in [3.8, 4) is 11.6 Å². The summed E-state index contributed by atoms with van der Waals surface area (Å²) in [5.41, 5.74) is 0.264. The molecule has 0 aliphatic heterocycles. The van der Waals surface area contributed by atoms with E-state index in [0.717, 1.165) is 12.1 Å². The second-order valence-corrected chi connectivity index (χ2v) is 8.02. The number of carbonyl (C=O) groups excluding carboxylic acids is 1. The molecule has 10 heteroatoms. The van der Waals surface area contributed by atoms with E-state index in [-0.39, 0.29) is 49.9 Å². The molecule has 1 N–H and O–H groups in total. The highest BCUT2D eigenvalue weighted by Crippen LogP contribution is 2.33. The van der Waals surface area contributed by atoms with Gasteiger partial charge in [0, 0.05) is 36.5 Å². The molecule has 0 bridgehead atoms. The van der Waals surface area contributed by atoms with Gasteiger partial charge in [-0.2, -0.15) is 13.2 Å². The van der Waals surface area contributed by atoms with Gasteiger partial charge in [0.05, 0.1) is 23.2 Å². The number of ether oxygens (including phenoxy) is 1. The Balaban J connectivity index is 1.38. The van der Waals surface area contributed by atoms with Crippen LogP contribution in [0.3, 0.4) is 0 Å². The third-order valence-electron chi connectivity index (χ3n) is 5.43. The van der Waals surface area contributed by atoms with Crippen LogP contribution in [0.4, 0.5) is 22.0 Å². The zero-order valence-corrected chi connectivity index (χ0v) is 17.3. The van der Waals surface area contributed by atoms with Crippen LogP contribution in [0.5, 0.6) is 11.6 Å². The van der Waals surface area contributed by atoms with Crippen molar-refractivity contribution in [2.75, 3.05) is 0 Å². The summed E-state index contributed by atoms with van der Waals surface area (Å²) >= 11 is 0. The molecule has 0 spiro atoms. The first-order valence-electron chi connectivity index (χ1n) is 10.4. The van der Waals surface area contributed by atoms with E-state index in [4.69, 9.17) is 4.74 Å². The summed E-state index contributed by atoms with van der Waals surface area (Å²) in [5, 5.41) is 3.50. The number of carbonyl (C=O) groups is 1. The molecule has 1 fully saturated rings. The second kappa shape index (κ2) is 8.92. The first-order valence-corrected chi connectivity index (χ1v) is 10.4. The van der Waals surface area contributed by atoms with Gasteiger partial charge in [-0.3, -0.25) is 9.78 Å². The minimum atomic E-state index is -4.47. The van der Waals surface area contributed by atoms with E-state index in [1.807, 2.05) is 0 Å². The Morgan fingerprint density at radius 3 is 2.52 bits per heavy atom. The first kappa shape index (κ1) is 22.9. The minimum Gasteiger partial charge on any atom is -0.439 e. The number of alkyl halides is 5. The number of halogens is 5. The summed E-state index contributed by atoms with van der Waals surface area (Å²) in [4.78, 5) is 20.4. The number of nitrogens with one attached hydrogen (secondary N) is 1. The number of nitrogens with zero attached hydrogens (tertiary/aromatic N) is 2. The normalized spacial score (nSPS) is 16.5. The predicted octanol–water partition coefficient (Wildman–Crippen LogP) is 5.68. The molecule has 1 saturated carbocycles. The average Bonchev–Trinajstić information content (AvgIpc) is 2.75. The van der Waals surface area contributed by atoms with E-state index >= 15 is 0 Å². The molecule has 174 valence electrons. The van der Waals surface area contributed by atoms with Gasteiger partial charge in [-0.1, -0.05) is 6.07 Å². The van der Waals surface area contributed by atoms with Crippen LogP contribution in [0.25, 0.3) is 10.9 Å². The molecule has 1 aliphatic rings. The maximum absolute atomic E-state index is 13.2. The summed E-state index contributed by atoms with van der Waals surface area (Å²) < 4.78 is 69.9. The molecule has 5 nitrogen and oxygen atoms in total. The summed E-state index contributed by atoms with van der Waals surface area (Å²) in [6.07, 6.45) is -3.69. The number of pyridine rings is 2. The molecule has 0 radical (unpaired) electrons. The Kier molecular flexibility index (Phi) is 6.18. The van der Waals surface area contributed by atoms with E-state index in [1.54, 1.807) is 30.3 Å². The molecule has 3 aromatic rings. The van der Waals surface area contributed by atoms with Crippen LogP contribution in [0.2, 0.25) is 0 Å². The monoisotopic (exact) mass is 465 g/mol. The molecular formula is C23H20F5N3O2. The van der Waals surface area contributed by atoms with E-state index in [2.05, 4.69) is 15.3 Å². The zero-order chi connectivity index (χ0) is 23.6. The SMILES string of the molecule is O=C(Cc1ccc2cc(Oc3ccc(C(F)(F)F)cn3)ccc2n1)NC1CCC(F)(F)CC1. The number of rotatable bonds is 5. The Morgan fingerprint density at radius 1 is 1.09 bits per heavy atom. The molecule has 0 saturated heterocycles. The third-order valence-corrected chi connectivity index (χ3v) is 5.43. The molecule has 0 unspecified atom stereocenters. The Labute approximate surface area is 186 Å². The summed E-state index contributed by atoms with van der Waals surface area (Å²) in [7, 11) is 0. The Morgan fingerprint density at radius 2 is 1.85 bits per heavy atom. The average molecular weight is 465 g/mol. The van der Waals surface area contributed by atoms with Crippen LogP contribution in [0.1, 0.15) is 36.9 Å². The lowest BCUT2D eigenvalue weighted by Gasteiger charge is -2.28. The molecule has 1 amide bonds. The van der Waals surface area contributed by atoms with Gasteiger partial charge in [-0.05, 0) is 43.2 Å². The number of amides is 1. The van der Waals surface area contributed by atoms with Crippen LogP contribution < -0.4 is 10.1 Å². The predicted molar refractivity (Wildman–Crippen MR) is 110 cm³/mol. The lowest BCUT2D eigenvalue weighted by Crippen LogP contribution is -2.41. The summed E-state index contributed by atoms with van der Waals surface area (Å²) in [6.45, 7) is 0.